The molecule has 0 saturated carbocycles. The summed E-state index contributed by atoms with van der Waals surface area (Å²) in [4.78, 5) is 16.7. The summed E-state index contributed by atoms with van der Waals surface area (Å²) in [6, 6.07) is 5.66. The molecule has 5 nitrogen and oxygen atoms in total. The summed E-state index contributed by atoms with van der Waals surface area (Å²) < 4.78 is 6.91. The number of benzene rings is 1. The Bertz CT molecular complexity index is 617. The molecule has 1 aliphatic heterocycles. The molecule has 0 amide bonds. The van der Waals surface area contributed by atoms with Crippen LogP contribution in [0.5, 0.6) is 5.75 Å². The molecule has 0 radical (unpaired) electrons. The lowest BCUT2D eigenvalue weighted by Crippen LogP contribution is -2.46. The van der Waals surface area contributed by atoms with E-state index >= 15 is 0 Å². The molecule has 88 valence electrons. The van der Waals surface area contributed by atoms with E-state index in [0.29, 0.717) is 16.7 Å². The van der Waals surface area contributed by atoms with Crippen LogP contribution in [0.4, 0.5) is 0 Å². The number of ether oxygens (including phenoxy) is 1. The van der Waals surface area contributed by atoms with E-state index in [4.69, 9.17) is 4.74 Å². The summed E-state index contributed by atoms with van der Waals surface area (Å²) in [6.07, 6.45) is 1.62. The maximum atomic E-state index is 12.4. The van der Waals surface area contributed by atoms with Crippen LogP contribution in [0, 0.1) is 0 Å². The van der Waals surface area contributed by atoms with Gasteiger partial charge in [0.05, 0.1) is 25.0 Å². The van der Waals surface area contributed by atoms with Gasteiger partial charge >= 0.3 is 0 Å². The van der Waals surface area contributed by atoms with Crippen LogP contribution >= 0.6 is 0 Å². The van der Waals surface area contributed by atoms with E-state index in [-0.39, 0.29) is 11.6 Å². The van der Waals surface area contributed by atoms with Crippen molar-refractivity contribution in [1.29, 1.82) is 0 Å². The fourth-order valence-electron chi connectivity index (χ4n) is 2.05. The van der Waals surface area contributed by atoms with Crippen molar-refractivity contribution < 1.29 is 4.74 Å². The minimum atomic E-state index is -0.0287. The van der Waals surface area contributed by atoms with E-state index in [0.717, 1.165) is 13.1 Å². The molecule has 3 rings (SSSR count). The van der Waals surface area contributed by atoms with Gasteiger partial charge in [-0.15, -0.1) is 0 Å². The van der Waals surface area contributed by atoms with Crippen LogP contribution in [0.25, 0.3) is 10.9 Å². The Morgan fingerprint density at radius 2 is 2.29 bits per heavy atom. The SMILES string of the molecule is COc1cccc2ncn(C3CNC3)c(=O)c12. The van der Waals surface area contributed by atoms with E-state index in [2.05, 4.69) is 10.3 Å². The van der Waals surface area contributed by atoms with Gasteiger partial charge in [-0.3, -0.25) is 9.36 Å². The smallest absolute Gasteiger partial charge is 0.265 e. The van der Waals surface area contributed by atoms with E-state index in [1.54, 1.807) is 24.1 Å². The Morgan fingerprint density at radius 1 is 1.47 bits per heavy atom. The second kappa shape index (κ2) is 3.85. The molecular weight excluding hydrogens is 218 g/mol. The van der Waals surface area contributed by atoms with Crippen LogP contribution in [0.3, 0.4) is 0 Å². The zero-order valence-corrected chi connectivity index (χ0v) is 9.51. The van der Waals surface area contributed by atoms with Crippen molar-refractivity contribution in [2.24, 2.45) is 0 Å². The van der Waals surface area contributed by atoms with E-state index in [1.807, 2.05) is 12.1 Å². The molecule has 1 aliphatic rings. The lowest BCUT2D eigenvalue weighted by Gasteiger charge is -2.28. The van der Waals surface area contributed by atoms with Gasteiger partial charge in [0, 0.05) is 13.1 Å². The highest BCUT2D eigenvalue weighted by atomic mass is 16.5. The molecule has 1 fully saturated rings. The molecule has 1 aromatic heterocycles. The third-order valence-electron chi connectivity index (χ3n) is 3.15. The molecule has 1 N–H and O–H groups in total. The number of nitrogens with zero attached hydrogens (tertiary/aromatic N) is 2. The number of rotatable bonds is 2. The van der Waals surface area contributed by atoms with Crippen molar-refractivity contribution >= 4 is 10.9 Å². The molecule has 1 aromatic carbocycles. The number of aromatic nitrogens is 2. The number of hydrogen-bond acceptors (Lipinski definition) is 4. The molecule has 1 saturated heterocycles. The average molecular weight is 231 g/mol. The Labute approximate surface area is 98.0 Å². The van der Waals surface area contributed by atoms with Crippen LogP contribution in [-0.2, 0) is 0 Å². The lowest BCUT2D eigenvalue weighted by molar-refractivity contribution is 0.334. The maximum Gasteiger partial charge on any atom is 0.265 e. The van der Waals surface area contributed by atoms with Crippen LogP contribution in [-0.4, -0.2) is 29.8 Å². The Kier molecular flexibility index (Phi) is 2.33. The Balaban J connectivity index is 2.28. The monoisotopic (exact) mass is 231 g/mol. The van der Waals surface area contributed by atoms with Crippen molar-refractivity contribution in [1.82, 2.24) is 14.9 Å². The van der Waals surface area contributed by atoms with Crippen LogP contribution in [0.2, 0.25) is 0 Å². The molecular formula is C12H13N3O2. The van der Waals surface area contributed by atoms with E-state index < -0.39 is 0 Å². The average Bonchev–Trinajstić information content (AvgIpc) is 2.29. The number of fused-ring (bicyclic) bond motifs is 1. The fourth-order valence-corrected chi connectivity index (χ4v) is 2.05. The summed E-state index contributed by atoms with van der Waals surface area (Å²) in [5.41, 5.74) is 0.650. The van der Waals surface area contributed by atoms with Gasteiger partial charge in [-0.25, -0.2) is 4.98 Å². The summed E-state index contributed by atoms with van der Waals surface area (Å²) in [6.45, 7) is 1.64. The van der Waals surface area contributed by atoms with Gasteiger partial charge < -0.3 is 10.1 Å². The first-order chi connectivity index (χ1) is 8.31. The highest BCUT2D eigenvalue weighted by Gasteiger charge is 2.21. The first-order valence-electron chi connectivity index (χ1n) is 5.56. The normalized spacial score (nSPS) is 15.8. The third kappa shape index (κ3) is 1.51. The third-order valence-corrected chi connectivity index (χ3v) is 3.15. The van der Waals surface area contributed by atoms with Crippen LogP contribution < -0.4 is 15.6 Å². The van der Waals surface area contributed by atoms with Gasteiger partial charge in [0.1, 0.15) is 11.1 Å². The molecule has 2 aromatic rings. The topological polar surface area (TPSA) is 56.1 Å². The van der Waals surface area contributed by atoms with Gasteiger partial charge in [-0.2, -0.15) is 0 Å². The van der Waals surface area contributed by atoms with E-state index in [1.165, 1.54) is 0 Å². The van der Waals surface area contributed by atoms with Crippen LogP contribution in [0.1, 0.15) is 6.04 Å². The minimum Gasteiger partial charge on any atom is -0.496 e. The second-order valence-corrected chi connectivity index (χ2v) is 4.12. The van der Waals surface area contributed by atoms with Gasteiger partial charge in [0.25, 0.3) is 5.56 Å². The minimum absolute atomic E-state index is 0.0287. The first kappa shape index (κ1) is 10.3. The number of methoxy groups -OCH3 is 1. The highest BCUT2D eigenvalue weighted by molar-refractivity contribution is 5.83. The summed E-state index contributed by atoms with van der Waals surface area (Å²) in [5.74, 6) is 0.585. The Morgan fingerprint density at radius 3 is 2.94 bits per heavy atom. The van der Waals surface area contributed by atoms with Crippen molar-refractivity contribution in [3.63, 3.8) is 0 Å². The molecule has 17 heavy (non-hydrogen) atoms. The number of nitrogens with one attached hydrogen (secondary N) is 1. The molecule has 0 unspecified atom stereocenters. The molecule has 2 heterocycles. The van der Waals surface area contributed by atoms with Gasteiger partial charge in [-0.05, 0) is 12.1 Å². The Hall–Kier alpha value is -1.88. The second-order valence-electron chi connectivity index (χ2n) is 4.12. The summed E-state index contributed by atoms with van der Waals surface area (Å²) in [7, 11) is 1.57. The largest absolute Gasteiger partial charge is 0.496 e. The maximum absolute atomic E-state index is 12.4. The van der Waals surface area contributed by atoms with Crippen molar-refractivity contribution in [3.05, 3.63) is 34.9 Å². The fraction of sp³-hybridized carbons (Fsp3) is 0.333. The van der Waals surface area contributed by atoms with Gasteiger partial charge in [0.2, 0.25) is 0 Å². The molecule has 0 spiro atoms. The predicted molar refractivity (Wildman–Crippen MR) is 64.5 cm³/mol. The predicted octanol–water partition coefficient (Wildman–Crippen LogP) is 0.549. The highest BCUT2D eigenvalue weighted by Crippen LogP contribution is 2.21. The lowest BCUT2D eigenvalue weighted by atomic mass is 10.1. The van der Waals surface area contributed by atoms with Gasteiger partial charge in [0.15, 0.2) is 0 Å². The molecule has 0 aliphatic carbocycles. The first-order valence-corrected chi connectivity index (χ1v) is 5.56. The van der Waals surface area contributed by atoms with Crippen molar-refractivity contribution in [2.45, 2.75) is 6.04 Å². The standard InChI is InChI=1S/C12H13N3O2/c1-17-10-4-2-3-9-11(10)12(16)15(7-14-9)8-5-13-6-8/h2-4,7-8,13H,5-6H2,1H3. The van der Waals surface area contributed by atoms with Crippen molar-refractivity contribution in [3.8, 4) is 5.75 Å². The summed E-state index contributed by atoms with van der Waals surface area (Å²) >= 11 is 0. The quantitative estimate of drug-likeness (QED) is 0.820. The van der Waals surface area contributed by atoms with Crippen LogP contribution in [0.15, 0.2) is 29.3 Å². The number of hydrogen-bond donors (Lipinski definition) is 1. The van der Waals surface area contributed by atoms with Gasteiger partial charge in [-0.1, -0.05) is 6.07 Å². The molecule has 5 heteroatoms. The van der Waals surface area contributed by atoms with Crippen molar-refractivity contribution in [2.75, 3.05) is 20.2 Å². The van der Waals surface area contributed by atoms with E-state index in [9.17, 15) is 4.79 Å². The molecule has 0 bridgehead atoms. The zero-order valence-electron chi connectivity index (χ0n) is 9.51. The summed E-state index contributed by atoms with van der Waals surface area (Å²) in [5, 5.41) is 3.70. The molecule has 0 atom stereocenters. The zero-order chi connectivity index (χ0) is 11.8.